The predicted octanol–water partition coefficient (Wildman–Crippen LogP) is 3.60. The van der Waals surface area contributed by atoms with Gasteiger partial charge in [0.25, 0.3) is 0 Å². The molecular formula is C20H21FN2O3. The highest BCUT2D eigenvalue weighted by Gasteiger charge is 2.35. The van der Waals surface area contributed by atoms with Crippen molar-refractivity contribution in [3.8, 4) is 5.75 Å². The molecule has 0 aliphatic carbocycles. The lowest BCUT2D eigenvalue weighted by atomic mass is 10.1. The first-order valence-corrected chi connectivity index (χ1v) is 8.56. The average Bonchev–Trinajstić information content (AvgIpc) is 2.98. The van der Waals surface area contributed by atoms with Gasteiger partial charge in [-0.05, 0) is 56.3 Å². The molecule has 1 fully saturated rings. The van der Waals surface area contributed by atoms with Crippen LogP contribution < -0.4 is 15.0 Å². The first-order valence-electron chi connectivity index (χ1n) is 8.56. The third-order valence-electron chi connectivity index (χ3n) is 4.11. The normalized spacial score (nSPS) is 16.8. The largest absolute Gasteiger partial charge is 0.491 e. The average molecular weight is 356 g/mol. The molecule has 3 rings (SSSR count). The molecule has 2 aromatic carbocycles. The molecule has 0 spiro atoms. The number of halogens is 1. The van der Waals surface area contributed by atoms with Gasteiger partial charge in [0.15, 0.2) is 0 Å². The minimum atomic E-state index is -0.475. The Morgan fingerprint density at radius 2 is 1.96 bits per heavy atom. The van der Waals surface area contributed by atoms with Gasteiger partial charge in [-0.1, -0.05) is 6.07 Å². The summed E-state index contributed by atoms with van der Waals surface area (Å²) in [5.74, 6) is -0.568. The van der Waals surface area contributed by atoms with Crippen LogP contribution in [0.4, 0.5) is 15.8 Å². The molecule has 1 atom stereocenters. The first kappa shape index (κ1) is 17.9. The fraction of sp³-hybridized carbons (Fsp3) is 0.300. The van der Waals surface area contributed by atoms with E-state index in [1.54, 1.807) is 36.4 Å². The van der Waals surface area contributed by atoms with E-state index in [0.29, 0.717) is 11.4 Å². The number of nitrogens with one attached hydrogen (secondary N) is 1. The van der Waals surface area contributed by atoms with Crippen molar-refractivity contribution >= 4 is 23.2 Å². The molecule has 1 heterocycles. The van der Waals surface area contributed by atoms with Gasteiger partial charge >= 0.3 is 0 Å². The van der Waals surface area contributed by atoms with Crippen molar-refractivity contribution in [1.29, 1.82) is 0 Å². The lowest BCUT2D eigenvalue weighted by molar-refractivity contribution is -0.122. The van der Waals surface area contributed by atoms with Gasteiger partial charge in [-0.15, -0.1) is 0 Å². The fourth-order valence-corrected chi connectivity index (χ4v) is 2.91. The Labute approximate surface area is 151 Å². The van der Waals surface area contributed by atoms with Crippen molar-refractivity contribution in [1.82, 2.24) is 0 Å². The van der Waals surface area contributed by atoms with Crippen LogP contribution in [0.2, 0.25) is 0 Å². The van der Waals surface area contributed by atoms with Crippen molar-refractivity contribution in [2.45, 2.75) is 26.4 Å². The van der Waals surface area contributed by atoms with Crippen molar-refractivity contribution in [2.24, 2.45) is 5.92 Å². The quantitative estimate of drug-likeness (QED) is 0.890. The fourth-order valence-electron chi connectivity index (χ4n) is 2.91. The standard InChI is InChI=1S/C20H21FN2O3/c1-13(2)26-18-8-6-16(7-9-18)22-20(25)14-10-19(24)23(12-14)17-5-3-4-15(21)11-17/h3-9,11,13-14H,10,12H2,1-2H3,(H,22,25). The highest BCUT2D eigenvalue weighted by Crippen LogP contribution is 2.27. The van der Waals surface area contributed by atoms with Gasteiger partial charge in [0.1, 0.15) is 11.6 Å². The van der Waals surface area contributed by atoms with Crippen LogP contribution >= 0.6 is 0 Å². The molecule has 0 bridgehead atoms. The van der Waals surface area contributed by atoms with Crippen LogP contribution in [0.1, 0.15) is 20.3 Å². The maximum atomic E-state index is 13.4. The van der Waals surface area contributed by atoms with E-state index in [1.165, 1.54) is 17.0 Å². The van der Waals surface area contributed by atoms with Gasteiger partial charge in [-0.25, -0.2) is 4.39 Å². The maximum Gasteiger partial charge on any atom is 0.229 e. The summed E-state index contributed by atoms with van der Waals surface area (Å²) in [5, 5.41) is 2.82. The molecule has 2 aromatic rings. The number of nitrogens with zero attached hydrogens (tertiary/aromatic N) is 1. The molecule has 0 radical (unpaired) electrons. The van der Waals surface area contributed by atoms with Gasteiger partial charge in [0.05, 0.1) is 12.0 Å². The SMILES string of the molecule is CC(C)Oc1ccc(NC(=O)C2CC(=O)N(c3cccc(F)c3)C2)cc1. The Balaban J connectivity index is 1.63. The van der Waals surface area contributed by atoms with Crippen molar-refractivity contribution in [2.75, 3.05) is 16.8 Å². The molecule has 1 N–H and O–H groups in total. The molecule has 1 aliphatic rings. The van der Waals surface area contributed by atoms with E-state index < -0.39 is 11.7 Å². The zero-order valence-electron chi connectivity index (χ0n) is 14.7. The van der Waals surface area contributed by atoms with Crippen molar-refractivity contribution < 1.29 is 18.7 Å². The smallest absolute Gasteiger partial charge is 0.229 e. The highest BCUT2D eigenvalue weighted by atomic mass is 19.1. The maximum absolute atomic E-state index is 13.4. The van der Waals surface area contributed by atoms with E-state index in [2.05, 4.69) is 5.32 Å². The Morgan fingerprint density at radius 3 is 2.62 bits per heavy atom. The summed E-state index contributed by atoms with van der Waals surface area (Å²) in [5.41, 5.74) is 1.11. The van der Waals surface area contributed by atoms with E-state index >= 15 is 0 Å². The van der Waals surface area contributed by atoms with E-state index in [9.17, 15) is 14.0 Å². The Hall–Kier alpha value is -2.89. The summed E-state index contributed by atoms with van der Waals surface area (Å²) in [7, 11) is 0. The van der Waals surface area contributed by atoms with E-state index in [0.717, 1.165) is 5.75 Å². The van der Waals surface area contributed by atoms with Crippen LogP contribution in [0, 0.1) is 11.7 Å². The molecule has 26 heavy (non-hydrogen) atoms. The van der Waals surface area contributed by atoms with Crippen LogP contribution in [0.3, 0.4) is 0 Å². The lowest BCUT2D eigenvalue weighted by Crippen LogP contribution is -2.28. The number of rotatable bonds is 5. The number of ether oxygens (including phenoxy) is 1. The molecule has 0 saturated carbocycles. The second kappa shape index (κ2) is 7.56. The summed E-state index contributed by atoms with van der Waals surface area (Å²) >= 11 is 0. The summed E-state index contributed by atoms with van der Waals surface area (Å²) in [6.45, 7) is 4.12. The number of anilines is 2. The third kappa shape index (κ3) is 4.20. The molecular weight excluding hydrogens is 335 g/mol. The van der Waals surface area contributed by atoms with Crippen molar-refractivity contribution in [3.63, 3.8) is 0 Å². The number of carbonyl (C=O) groups excluding carboxylic acids is 2. The summed E-state index contributed by atoms with van der Waals surface area (Å²) in [6.07, 6.45) is 0.186. The van der Waals surface area contributed by atoms with Crippen LogP contribution in [0.15, 0.2) is 48.5 Å². The summed E-state index contributed by atoms with van der Waals surface area (Å²) in [4.78, 5) is 26.1. The number of benzene rings is 2. The number of hydrogen-bond donors (Lipinski definition) is 1. The van der Waals surface area contributed by atoms with Crippen LogP contribution in [0.25, 0.3) is 0 Å². The minimum absolute atomic E-state index is 0.0775. The molecule has 2 amide bonds. The Morgan fingerprint density at radius 1 is 1.23 bits per heavy atom. The number of carbonyl (C=O) groups is 2. The molecule has 0 aromatic heterocycles. The molecule has 136 valence electrons. The zero-order valence-corrected chi connectivity index (χ0v) is 14.7. The summed E-state index contributed by atoms with van der Waals surface area (Å²) < 4.78 is 18.9. The number of amides is 2. The van der Waals surface area contributed by atoms with Crippen LogP contribution in [0.5, 0.6) is 5.75 Å². The Bertz CT molecular complexity index is 805. The first-order chi connectivity index (χ1) is 12.4. The van der Waals surface area contributed by atoms with Crippen molar-refractivity contribution in [3.05, 3.63) is 54.3 Å². The van der Waals surface area contributed by atoms with Gasteiger partial charge in [0, 0.05) is 24.3 Å². The van der Waals surface area contributed by atoms with Gasteiger partial charge in [0.2, 0.25) is 11.8 Å². The predicted molar refractivity (Wildman–Crippen MR) is 97.7 cm³/mol. The Kier molecular flexibility index (Phi) is 5.21. The highest BCUT2D eigenvalue weighted by molar-refractivity contribution is 6.03. The minimum Gasteiger partial charge on any atom is -0.491 e. The molecule has 6 heteroatoms. The van der Waals surface area contributed by atoms with E-state index in [1.807, 2.05) is 13.8 Å². The zero-order chi connectivity index (χ0) is 18.7. The lowest BCUT2D eigenvalue weighted by Gasteiger charge is -2.17. The van der Waals surface area contributed by atoms with Crippen LogP contribution in [-0.4, -0.2) is 24.5 Å². The summed E-state index contributed by atoms with van der Waals surface area (Å²) in [6, 6.07) is 12.9. The topological polar surface area (TPSA) is 58.6 Å². The van der Waals surface area contributed by atoms with Crippen LogP contribution in [-0.2, 0) is 9.59 Å². The molecule has 1 saturated heterocycles. The number of hydrogen-bond acceptors (Lipinski definition) is 3. The molecule has 1 aliphatic heterocycles. The monoisotopic (exact) mass is 356 g/mol. The van der Waals surface area contributed by atoms with E-state index in [-0.39, 0.29) is 30.9 Å². The van der Waals surface area contributed by atoms with Gasteiger partial charge in [-0.3, -0.25) is 9.59 Å². The van der Waals surface area contributed by atoms with E-state index in [4.69, 9.17) is 4.74 Å². The van der Waals surface area contributed by atoms with Gasteiger partial charge in [-0.2, -0.15) is 0 Å². The second-order valence-corrected chi connectivity index (χ2v) is 6.57. The van der Waals surface area contributed by atoms with Gasteiger partial charge < -0.3 is 15.0 Å². The third-order valence-corrected chi connectivity index (χ3v) is 4.11. The molecule has 1 unspecified atom stereocenters. The second-order valence-electron chi connectivity index (χ2n) is 6.57. The molecule has 5 nitrogen and oxygen atoms in total.